The molecular formula is C19H21ClN6O2. The minimum Gasteiger partial charge on any atom is -0.337 e. The van der Waals surface area contributed by atoms with E-state index >= 15 is 0 Å². The molecule has 1 saturated carbocycles. The highest BCUT2D eigenvalue weighted by Gasteiger charge is 2.32. The fraction of sp³-hybridized carbons (Fsp3) is 0.421. The van der Waals surface area contributed by atoms with Crippen LogP contribution in [0.1, 0.15) is 66.8 Å². The first-order chi connectivity index (χ1) is 13.4. The predicted molar refractivity (Wildman–Crippen MR) is 102 cm³/mol. The maximum atomic E-state index is 12.8. The first-order valence-electron chi connectivity index (χ1n) is 9.27. The third-order valence-corrected chi connectivity index (χ3v) is 4.99. The molecule has 2 aromatic heterocycles. The Hall–Kier alpha value is -2.74. The van der Waals surface area contributed by atoms with Crippen LogP contribution in [0.15, 0.2) is 28.8 Å². The van der Waals surface area contributed by atoms with E-state index in [1.165, 1.54) is 0 Å². The van der Waals surface area contributed by atoms with Crippen molar-refractivity contribution in [2.45, 2.75) is 45.6 Å². The minimum atomic E-state index is -0.417. The smallest absolute Gasteiger partial charge is 0.291 e. The van der Waals surface area contributed by atoms with Crippen molar-refractivity contribution in [3.8, 4) is 5.69 Å². The van der Waals surface area contributed by atoms with Gasteiger partial charge in [-0.25, -0.2) is 9.67 Å². The number of para-hydroxylation sites is 1. The second kappa shape index (κ2) is 7.35. The lowest BCUT2D eigenvalue weighted by atomic mass is 10.0. The molecule has 4 rings (SSSR count). The summed E-state index contributed by atoms with van der Waals surface area (Å²) in [5, 5.41) is 11.8. The van der Waals surface area contributed by atoms with Gasteiger partial charge in [0.2, 0.25) is 11.7 Å². The summed E-state index contributed by atoms with van der Waals surface area (Å²) in [5.74, 6) is 1.79. The van der Waals surface area contributed by atoms with Crippen molar-refractivity contribution in [1.82, 2.24) is 30.2 Å². The fourth-order valence-corrected chi connectivity index (χ4v) is 3.15. The van der Waals surface area contributed by atoms with Crippen molar-refractivity contribution in [2.75, 3.05) is 0 Å². The third kappa shape index (κ3) is 3.64. The van der Waals surface area contributed by atoms with Crippen LogP contribution < -0.4 is 5.32 Å². The van der Waals surface area contributed by atoms with E-state index in [9.17, 15) is 4.79 Å². The Morgan fingerprint density at radius 3 is 2.71 bits per heavy atom. The van der Waals surface area contributed by atoms with Gasteiger partial charge in [-0.2, -0.15) is 4.98 Å². The maximum absolute atomic E-state index is 12.8. The van der Waals surface area contributed by atoms with Crippen molar-refractivity contribution in [2.24, 2.45) is 5.92 Å². The molecule has 0 spiro atoms. The molecule has 0 radical (unpaired) electrons. The van der Waals surface area contributed by atoms with Crippen LogP contribution in [-0.4, -0.2) is 30.8 Å². The van der Waals surface area contributed by atoms with Crippen LogP contribution in [0, 0.1) is 12.8 Å². The summed E-state index contributed by atoms with van der Waals surface area (Å²) < 4.78 is 6.96. The Kier molecular flexibility index (Phi) is 4.89. The topological polar surface area (TPSA) is 98.7 Å². The highest BCUT2D eigenvalue weighted by Crippen LogP contribution is 2.38. The summed E-state index contributed by atoms with van der Waals surface area (Å²) in [4.78, 5) is 21.6. The number of aromatic nitrogens is 5. The molecule has 2 heterocycles. The number of carbonyl (C=O) groups is 1. The molecule has 1 N–H and O–H groups in total. The van der Waals surface area contributed by atoms with Gasteiger partial charge in [0, 0.05) is 5.92 Å². The number of halogens is 1. The summed E-state index contributed by atoms with van der Waals surface area (Å²) in [6.45, 7) is 5.73. The molecule has 1 unspecified atom stereocenters. The van der Waals surface area contributed by atoms with Gasteiger partial charge in [0.05, 0.1) is 10.7 Å². The third-order valence-electron chi connectivity index (χ3n) is 4.67. The molecule has 28 heavy (non-hydrogen) atoms. The van der Waals surface area contributed by atoms with Crippen LogP contribution in [0.2, 0.25) is 5.02 Å². The van der Waals surface area contributed by atoms with Gasteiger partial charge in [-0.05, 0) is 37.8 Å². The molecule has 0 saturated heterocycles. The van der Waals surface area contributed by atoms with Crippen LogP contribution in [0.4, 0.5) is 0 Å². The van der Waals surface area contributed by atoms with E-state index < -0.39 is 11.9 Å². The maximum Gasteiger partial charge on any atom is 0.291 e. The zero-order valence-corrected chi connectivity index (χ0v) is 16.6. The van der Waals surface area contributed by atoms with Crippen LogP contribution in [0.25, 0.3) is 5.69 Å². The molecule has 8 nitrogen and oxygen atoms in total. The van der Waals surface area contributed by atoms with Crippen molar-refractivity contribution in [1.29, 1.82) is 0 Å². The largest absolute Gasteiger partial charge is 0.337 e. The van der Waals surface area contributed by atoms with Crippen molar-refractivity contribution in [3.05, 3.63) is 52.7 Å². The number of nitrogens with zero attached hydrogens (tertiary/aromatic N) is 5. The van der Waals surface area contributed by atoms with E-state index in [1.807, 2.05) is 32.0 Å². The van der Waals surface area contributed by atoms with Crippen molar-refractivity contribution < 1.29 is 9.32 Å². The summed E-state index contributed by atoms with van der Waals surface area (Å²) >= 11 is 6.24. The summed E-state index contributed by atoms with van der Waals surface area (Å²) in [7, 11) is 0. The van der Waals surface area contributed by atoms with Crippen LogP contribution >= 0.6 is 11.6 Å². The van der Waals surface area contributed by atoms with Gasteiger partial charge in [-0.1, -0.05) is 42.7 Å². The second-order valence-corrected chi connectivity index (χ2v) is 7.71. The standard InChI is InChI=1S/C19H21ClN6O2/c1-10(2)15(19-23-16(25-28-19)12-8-9-12)22-18(27)17-21-11(3)26(24-17)14-7-5-4-6-13(14)20/h4-7,10,12,15H,8-9H2,1-3H3,(H,22,27). The monoisotopic (exact) mass is 400 g/mol. The Bertz CT molecular complexity index is 1010. The number of hydrogen-bond acceptors (Lipinski definition) is 6. The highest BCUT2D eigenvalue weighted by atomic mass is 35.5. The number of aryl methyl sites for hydroxylation is 1. The number of amides is 1. The zero-order valence-electron chi connectivity index (χ0n) is 15.9. The SMILES string of the molecule is Cc1nc(C(=O)NC(c2nc(C3CC3)no2)C(C)C)nn1-c1ccccc1Cl. The van der Waals surface area contributed by atoms with E-state index in [0.717, 1.165) is 12.8 Å². The van der Waals surface area contributed by atoms with Crippen molar-refractivity contribution >= 4 is 17.5 Å². The van der Waals surface area contributed by atoms with Gasteiger partial charge in [-0.15, -0.1) is 5.10 Å². The first-order valence-corrected chi connectivity index (χ1v) is 9.64. The zero-order chi connectivity index (χ0) is 19.8. The van der Waals surface area contributed by atoms with Gasteiger partial charge in [0.1, 0.15) is 11.9 Å². The molecule has 1 amide bonds. The van der Waals surface area contributed by atoms with Gasteiger partial charge in [0.25, 0.3) is 5.91 Å². The molecule has 1 aliphatic carbocycles. The minimum absolute atomic E-state index is 0.0585. The molecule has 1 aromatic carbocycles. The quantitative estimate of drug-likeness (QED) is 0.678. The molecule has 146 valence electrons. The summed E-state index contributed by atoms with van der Waals surface area (Å²) in [5.41, 5.74) is 0.666. The van der Waals surface area contributed by atoms with Gasteiger partial charge in [-0.3, -0.25) is 4.79 Å². The molecule has 1 aliphatic rings. The molecule has 9 heteroatoms. The number of benzene rings is 1. The fourth-order valence-electron chi connectivity index (χ4n) is 2.94. The van der Waals surface area contributed by atoms with Crippen LogP contribution in [0.3, 0.4) is 0 Å². The van der Waals surface area contributed by atoms with E-state index in [2.05, 4.69) is 25.5 Å². The molecular weight excluding hydrogens is 380 g/mol. The molecule has 0 bridgehead atoms. The second-order valence-electron chi connectivity index (χ2n) is 7.31. The van der Waals surface area contributed by atoms with E-state index in [4.69, 9.17) is 16.1 Å². The van der Waals surface area contributed by atoms with E-state index in [0.29, 0.717) is 34.2 Å². The molecule has 1 atom stereocenters. The van der Waals surface area contributed by atoms with Crippen LogP contribution in [0.5, 0.6) is 0 Å². The Morgan fingerprint density at radius 1 is 1.29 bits per heavy atom. The first kappa shape index (κ1) is 18.6. The normalized spacial score (nSPS) is 15.0. The van der Waals surface area contributed by atoms with Crippen LogP contribution in [-0.2, 0) is 0 Å². The lowest BCUT2D eigenvalue weighted by Crippen LogP contribution is -2.32. The predicted octanol–water partition coefficient (Wildman–Crippen LogP) is 3.62. The number of hydrogen-bond donors (Lipinski definition) is 1. The van der Waals surface area contributed by atoms with E-state index in [1.54, 1.807) is 17.7 Å². The molecule has 1 fully saturated rings. The molecule has 3 aromatic rings. The van der Waals surface area contributed by atoms with E-state index in [-0.39, 0.29) is 11.7 Å². The summed E-state index contributed by atoms with van der Waals surface area (Å²) in [6.07, 6.45) is 2.17. The molecule has 0 aliphatic heterocycles. The van der Waals surface area contributed by atoms with Crippen molar-refractivity contribution in [3.63, 3.8) is 0 Å². The Balaban J connectivity index is 1.56. The van der Waals surface area contributed by atoms with Gasteiger partial charge < -0.3 is 9.84 Å². The Morgan fingerprint density at radius 2 is 2.04 bits per heavy atom. The summed E-state index contributed by atoms with van der Waals surface area (Å²) in [6, 6.07) is 6.85. The number of carbonyl (C=O) groups excluding carboxylic acids is 1. The average Bonchev–Trinajstić information content (AvgIpc) is 3.27. The highest BCUT2D eigenvalue weighted by molar-refractivity contribution is 6.32. The van der Waals surface area contributed by atoms with Gasteiger partial charge >= 0.3 is 0 Å². The lowest BCUT2D eigenvalue weighted by Gasteiger charge is -2.17. The van der Waals surface area contributed by atoms with Gasteiger partial charge in [0.15, 0.2) is 5.82 Å². The number of rotatable bonds is 6. The lowest BCUT2D eigenvalue weighted by molar-refractivity contribution is 0.0903. The number of nitrogens with one attached hydrogen (secondary N) is 1. The average molecular weight is 401 g/mol. The Labute approximate surface area is 167 Å².